The maximum absolute atomic E-state index is 12.8. The van der Waals surface area contributed by atoms with Crippen LogP contribution < -0.4 is 15.6 Å². The van der Waals surface area contributed by atoms with Gasteiger partial charge in [0.05, 0.1) is 22.1 Å². The summed E-state index contributed by atoms with van der Waals surface area (Å²) in [5.74, 6) is -0.403. The van der Waals surface area contributed by atoms with Crippen molar-refractivity contribution in [3.05, 3.63) is 76.3 Å². The number of hydrogen-bond acceptors (Lipinski definition) is 8. The SMILES string of the molecule is CN1CCN(c2cccc3c(=O)cc(C(=O)NCc4ccc(-c5cnns5)cc4)oc23)CC1. The average Bonchev–Trinajstić information content (AvgIpc) is 3.38. The van der Waals surface area contributed by atoms with Crippen molar-refractivity contribution in [3.8, 4) is 10.4 Å². The van der Waals surface area contributed by atoms with Crippen molar-refractivity contribution >= 4 is 34.1 Å². The van der Waals surface area contributed by atoms with Crippen LogP contribution in [0.25, 0.3) is 21.4 Å². The highest BCUT2D eigenvalue weighted by Gasteiger charge is 2.20. The molecule has 1 saturated heterocycles. The monoisotopic (exact) mass is 461 g/mol. The third-order valence-electron chi connectivity index (χ3n) is 5.85. The molecule has 1 N–H and O–H groups in total. The van der Waals surface area contributed by atoms with Crippen molar-refractivity contribution in [2.24, 2.45) is 0 Å². The van der Waals surface area contributed by atoms with Gasteiger partial charge in [-0.2, -0.15) is 0 Å². The number of carbonyl (C=O) groups excluding carboxylic acids is 1. The number of hydrogen-bond donors (Lipinski definition) is 1. The van der Waals surface area contributed by atoms with E-state index < -0.39 is 5.91 Å². The zero-order chi connectivity index (χ0) is 22.8. The van der Waals surface area contributed by atoms with Crippen LogP contribution in [-0.2, 0) is 6.54 Å². The Kier molecular flexibility index (Phi) is 5.89. The zero-order valence-electron chi connectivity index (χ0n) is 18.2. The molecule has 1 aliphatic rings. The molecule has 0 radical (unpaired) electrons. The van der Waals surface area contributed by atoms with E-state index in [4.69, 9.17) is 4.42 Å². The summed E-state index contributed by atoms with van der Waals surface area (Å²) in [6.07, 6.45) is 1.72. The van der Waals surface area contributed by atoms with E-state index in [0.29, 0.717) is 17.5 Å². The van der Waals surface area contributed by atoms with Crippen molar-refractivity contribution in [1.29, 1.82) is 0 Å². The lowest BCUT2D eigenvalue weighted by atomic mass is 10.1. The Hall–Kier alpha value is -3.56. The first-order valence-electron chi connectivity index (χ1n) is 10.7. The molecular weight excluding hydrogens is 438 g/mol. The van der Waals surface area contributed by atoms with Crippen molar-refractivity contribution < 1.29 is 9.21 Å². The van der Waals surface area contributed by atoms with E-state index in [1.807, 2.05) is 36.4 Å². The summed E-state index contributed by atoms with van der Waals surface area (Å²) in [6.45, 7) is 3.85. The fraction of sp³-hybridized carbons (Fsp3) is 0.250. The maximum Gasteiger partial charge on any atom is 0.287 e. The third-order valence-corrected chi connectivity index (χ3v) is 6.57. The molecule has 2 aromatic heterocycles. The number of aromatic nitrogens is 2. The predicted octanol–water partition coefficient (Wildman–Crippen LogP) is 2.99. The molecule has 168 valence electrons. The first-order valence-corrected chi connectivity index (χ1v) is 11.5. The molecule has 9 heteroatoms. The second-order valence-corrected chi connectivity index (χ2v) is 8.87. The summed E-state index contributed by atoms with van der Waals surface area (Å²) in [6, 6.07) is 14.6. The summed E-state index contributed by atoms with van der Waals surface area (Å²) in [7, 11) is 2.09. The highest BCUT2D eigenvalue weighted by molar-refractivity contribution is 7.09. The molecular formula is C24H23N5O3S. The van der Waals surface area contributed by atoms with Gasteiger partial charge in [-0.1, -0.05) is 34.8 Å². The van der Waals surface area contributed by atoms with Crippen LogP contribution in [0.3, 0.4) is 0 Å². The van der Waals surface area contributed by atoms with Crippen LogP contribution in [0.5, 0.6) is 0 Å². The molecule has 0 unspecified atom stereocenters. The fourth-order valence-corrected chi connectivity index (χ4v) is 4.44. The first-order chi connectivity index (χ1) is 16.1. The van der Waals surface area contributed by atoms with Gasteiger partial charge in [0.15, 0.2) is 16.8 Å². The normalized spacial score (nSPS) is 14.5. The number of nitrogens with zero attached hydrogens (tertiary/aromatic N) is 4. The summed E-state index contributed by atoms with van der Waals surface area (Å²) >= 11 is 1.33. The predicted molar refractivity (Wildman–Crippen MR) is 129 cm³/mol. The summed E-state index contributed by atoms with van der Waals surface area (Å²) in [5, 5.41) is 7.19. The minimum absolute atomic E-state index is 0.0152. The number of para-hydroxylation sites is 1. The molecule has 1 fully saturated rings. The van der Waals surface area contributed by atoms with E-state index in [9.17, 15) is 9.59 Å². The number of fused-ring (bicyclic) bond motifs is 1. The molecule has 0 aliphatic carbocycles. The van der Waals surface area contributed by atoms with E-state index in [1.54, 1.807) is 12.3 Å². The van der Waals surface area contributed by atoms with Crippen LogP contribution in [0.1, 0.15) is 16.1 Å². The highest BCUT2D eigenvalue weighted by atomic mass is 32.1. The van der Waals surface area contributed by atoms with E-state index in [-0.39, 0.29) is 11.2 Å². The zero-order valence-corrected chi connectivity index (χ0v) is 19.0. The molecule has 0 saturated carbocycles. The number of piperazine rings is 1. The van der Waals surface area contributed by atoms with Crippen LogP contribution >= 0.6 is 11.5 Å². The largest absolute Gasteiger partial charge is 0.448 e. The number of carbonyl (C=O) groups is 1. The Balaban J connectivity index is 1.35. The van der Waals surface area contributed by atoms with Crippen LogP contribution in [0.2, 0.25) is 0 Å². The highest BCUT2D eigenvalue weighted by Crippen LogP contribution is 2.27. The molecule has 4 aromatic rings. The van der Waals surface area contributed by atoms with E-state index in [2.05, 4.69) is 31.8 Å². The van der Waals surface area contributed by atoms with Gasteiger partial charge >= 0.3 is 0 Å². The number of likely N-dealkylation sites (N-methyl/N-ethyl adjacent to an activating group) is 1. The van der Waals surface area contributed by atoms with Gasteiger partial charge in [-0.3, -0.25) is 9.59 Å². The van der Waals surface area contributed by atoms with Gasteiger partial charge in [0.1, 0.15) is 0 Å². The Morgan fingerprint density at radius 3 is 2.64 bits per heavy atom. The quantitative estimate of drug-likeness (QED) is 0.489. The molecule has 1 amide bonds. The molecule has 8 nitrogen and oxygen atoms in total. The van der Waals surface area contributed by atoms with Crippen LogP contribution in [0.15, 0.2) is 63.9 Å². The van der Waals surface area contributed by atoms with Gasteiger partial charge in [-0.25, -0.2) is 0 Å². The second-order valence-electron chi connectivity index (χ2n) is 8.08. The summed E-state index contributed by atoms with van der Waals surface area (Å²) < 4.78 is 9.87. The van der Waals surface area contributed by atoms with Gasteiger partial charge in [-0.05, 0) is 41.8 Å². The Morgan fingerprint density at radius 1 is 1.12 bits per heavy atom. The number of anilines is 1. The summed E-state index contributed by atoms with van der Waals surface area (Å²) in [5.41, 5.74) is 3.05. The van der Waals surface area contributed by atoms with E-state index in [0.717, 1.165) is 47.9 Å². The van der Waals surface area contributed by atoms with Crippen LogP contribution in [0.4, 0.5) is 5.69 Å². The lowest BCUT2D eigenvalue weighted by Gasteiger charge is -2.34. The summed E-state index contributed by atoms with van der Waals surface area (Å²) in [4.78, 5) is 31.0. The van der Waals surface area contributed by atoms with Crippen molar-refractivity contribution in [2.45, 2.75) is 6.54 Å². The van der Waals surface area contributed by atoms with E-state index >= 15 is 0 Å². The number of nitrogens with one attached hydrogen (secondary N) is 1. The molecule has 3 heterocycles. The molecule has 1 aliphatic heterocycles. The van der Waals surface area contributed by atoms with Gasteiger partial charge < -0.3 is 19.5 Å². The number of amides is 1. The van der Waals surface area contributed by atoms with Crippen molar-refractivity contribution in [2.75, 3.05) is 38.1 Å². The second kappa shape index (κ2) is 9.13. The maximum atomic E-state index is 12.8. The van der Waals surface area contributed by atoms with Gasteiger partial charge in [0.25, 0.3) is 5.91 Å². The molecule has 0 spiro atoms. The standard InChI is InChI=1S/C24H23N5O3S/c1-28-9-11-29(12-10-28)19-4-2-3-18-20(30)13-21(32-23(18)19)24(31)25-14-16-5-7-17(8-6-16)22-15-26-27-33-22/h2-8,13,15H,9-12,14H2,1H3,(H,25,31). The lowest BCUT2D eigenvalue weighted by molar-refractivity contribution is 0.0923. The van der Waals surface area contributed by atoms with Crippen molar-refractivity contribution in [3.63, 3.8) is 0 Å². The smallest absolute Gasteiger partial charge is 0.287 e. The van der Waals surface area contributed by atoms with Crippen molar-refractivity contribution in [1.82, 2.24) is 19.8 Å². The molecule has 33 heavy (non-hydrogen) atoms. The molecule has 2 aromatic carbocycles. The van der Waals surface area contributed by atoms with Gasteiger partial charge in [0.2, 0.25) is 0 Å². The fourth-order valence-electron chi connectivity index (χ4n) is 3.92. The Morgan fingerprint density at radius 2 is 1.91 bits per heavy atom. The topological polar surface area (TPSA) is 91.6 Å². The molecule has 0 atom stereocenters. The minimum atomic E-state index is -0.419. The molecule has 5 rings (SSSR count). The van der Waals surface area contributed by atoms with Crippen LogP contribution in [-0.4, -0.2) is 53.6 Å². The number of rotatable bonds is 5. The van der Waals surface area contributed by atoms with Gasteiger partial charge in [-0.15, -0.1) is 5.10 Å². The third kappa shape index (κ3) is 4.50. The first kappa shape index (κ1) is 21.3. The lowest BCUT2D eigenvalue weighted by Crippen LogP contribution is -2.44. The minimum Gasteiger partial charge on any atom is -0.448 e. The van der Waals surface area contributed by atoms with Crippen LogP contribution in [0, 0.1) is 0 Å². The van der Waals surface area contributed by atoms with Gasteiger partial charge in [0, 0.05) is 38.8 Å². The number of benzene rings is 2. The molecule has 0 bridgehead atoms. The Bertz CT molecular complexity index is 1330. The average molecular weight is 462 g/mol. The van der Waals surface area contributed by atoms with E-state index in [1.165, 1.54) is 17.6 Å². The Labute approximate surface area is 194 Å².